The number of ether oxygens (including phenoxy) is 1. The summed E-state index contributed by atoms with van der Waals surface area (Å²) in [4.78, 5) is 18.7. The average Bonchev–Trinajstić information content (AvgIpc) is 2.82. The van der Waals surface area contributed by atoms with Crippen LogP contribution in [0.4, 0.5) is 10.6 Å². The number of anilines is 1. The third kappa shape index (κ3) is 5.51. The number of pyridine rings is 1. The monoisotopic (exact) mass is 406 g/mol. The number of nitrogens with zero attached hydrogens (tertiary/aromatic N) is 2. The van der Waals surface area contributed by atoms with E-state index in [9.17, 15) is 4.79 Å². The number of rotatable bonds is 1. The summed E-state index contributed by atoms with van der Waals surface area (Å²) in [6.45, 7) is 18.3. The molecule has 2 aliphatic heterocycles. The molecule has 0 aliphatic carbocycles. The van der Waals surface area contributed by atoms with Gasteiger partial charge < -0.3 is 14.0 Å². The first-order valence-corrected chi connectivity index (χ1v) is 10.2. The van der Waals surface area contributed by atoms with Crippen LogP contribution in [0.25, 0.3) is 0 Å². The molecule has 164 valence electrons. The summed E-state index contributed by atoms with van der Waals surface area (Å²) in [5.41, 5.74) is 0.589. The molecule has 0 radical (unpaired) electrons. The Morgan fingerprint density at radius 1 is 1.17 bits per heavy atom. The lowest BCUT2D eigenvalue weighted by Gasteiger charge is -2.32. The second-order valence-corrected chi connectivity index (χ2v) is 9.08. The summed E-state index contributed by atoms with van der Waals surface area (Å²) < 4.78 is 17.7. The topological polar surface area (TPSA) is 60.9 Å². The highest BCUT2D eigenvalue weighted by molar-refractivity contribution is 6.62. The maximum absolute atomic E-state index is 12.5. The van der Waals surface area contributed by atoms with Crippen molar-refractivity contribution in [2.24, 2.45) is 0 Å². The van der Waals surface area contributed by atoms with Crippen molar-refractivity contribution in [2.45, 2.75) is 99.4 Å². The predicted octanol–water partition coefficient (Wildman–Crippen LogP) is 4.73. The average molecular weight is 406 g/mol. The first-order chi connectivity index (χ1) is 12.9. The van der Waals surface area contributed by atoms with Crippen LogP contribution in [-0.2, 0) is 20.5 Å². The molecule has 0 aromatic carbocycles. The SMILES string of the molecule is C.CC.CC(C)(C)OC(=O)N1CCCc2cc(B3OC(C)(C)C(C)(C)O3)cnc21. The Morgan fingerprint density at radius 2 is 1.72 bits per heavy atom. The summed E-state index contributed by atoms with van der Waals surface area (Å²) in [5.74, 6) is 0.672. The summed E-state index contributed by atoms with van der Waals surface area (Å²) in [5, 5.41) is 0. The third-order valence-corrected chi connectivity index (χ3v) is 5.19. The van der Waals surface area contributed by atoms with Gasteiger partial charge in [0.05, 0.1) is 11.2 Å². The zero-order chi connectivity index (χ0) is 21.3. The van der Waals surface area contributed by atoms with Crippen molar-refractivity contribution in [3.05, 3.63) is 17.8 Å². The molecule has 29 heavy (non-hydrogen) atoms. The van der Waals surface area contributed by atoms with Crippen molar-refractivity contribution in [2.75, 3.05) is 11.4 Å². The van der Waals surface area contributed by atoms with E-state index in [0.29, 0.717) is 12.4 Å². The van der Waals surface area contributed by atoms with E-state index in [-0.39, 0.29) is 13.5 Å². The molecule has 7 heteroatoms. The van der Waals surface area contributed by atoms with Gasteiger partial charge in [-0.2, -0.15) is 0 Å². The van der Waals surface area contributed by atoms with E-state index < -0.39 is 23.9 Å². The van der Waals surface area contributed by atoms with Gasteiger partial charge in [0.1, 0.15) is 11.4 Å². The van der Waals surface area contributed by atoms with Crippen LogP contribution in [0.2, 0.25) is 0 Å². The molecule has 0 atom stereocenters. The van der Waals surface area contributed by atoms with Crippen molar-refractivity contribution in [3.63, 3.8) is 0 Å². The Morgan fingerprint density at radius 3 is 2.24 bits per heavy atom. The molecule has 6 nitrogen and oxygen atoms in total. The summed E-state index contributed by atoms with van der Waals surface area (Å²) in [6.07, 6.45) is 3.13. The first-order valence-electron chi connectivity index (χ1n) is 10.2. The summed E-state index contributed by atoms with van der Waals surface area (Å²) >= 11 is 0. The number of fused-ring (bicyclic) bond motifs is 1. The van der Waals surface area contributed by atoms with Gasteiger partial charge in [0.2, 0.25) is 0 Å². The minimum atomic E-state index is -0.530. The number of hydrogen-bond donors (Lipinski definition) is 0. The summed E-state index contributed by atoms with van der Waals surface area (Å²) in [6, 6.07) is 2.04. The highest BCUT2D eigenvalue weighted by Gasteiger charge is 2.52. The molecule has 1 saturated heterocycles. The Kier molecular flexibility index (Phi) is 7.94. The largest absolute Gasteiger partial charge is 0.496 e. The van der Waals surface area contributed by atoms with E-state index in [0.717, 1.165) is 23.9 Å². The van der Waals surface area contributed by atoms with E-state index >= 15 is 0 Å². The van der Waals surface area contributed by atoms with Gasteiger partial charge in [-0.15, -0.1) is 0 Å². The molecule has 0 unspecified atom stereocenters. The maximum Gasteiger partial charge on any atom is 0.496 e. The van der Waals surface area contributed by atoms with Crippen LogP contribution >= 0.6 is 0 Å². The molecule has 0 saturated carbocycles. The van der Waals surface area contributed by atoms with Crippen molar-refractivity contribution in [3.8, 4) is 0 Å². The van der Waals surface area contributed by atoms with Crippen LogP contribution in [0.15, 0.2) is 12.3 Å². The highest BCUT2D eigenvalue weighted by Crippen LogP contribution is 2.36. The Hall–Kier alpha value is -1.60. The van der Waals surface area contributed by atoms with Gasteiger partial charge in [-0.3, -0.25) is 4.90 Å². The van der Waals surface area contributed by atoms with Gasteiger partial charge in [-0.1, -0.05) is 27.3 Å². The quantitative estimate of drug-likeness (QED) is 0.631. The molecule has 0 spiro atoms. The zero-order valence-electron chi connectivity index (χ0n) is 18.9. The standard InChI is InChI=1S/C19H29BN2O4.C2H6.CH4/c1-17(2,3)24-16(23)22-10-8-9-13-11-14(12-21-15(13)22)20-25-18(4,5)19(6,7)26-20;1-2;/h11-12H,8-10H2,1-7H3;1-2H3;1H4. The lowest BCUT2D eigenvalue weighted by molar-refractivity contribution is 0.00578. The van der Waals surface area contributed by atoms with Gasteiger partial charge in [-0.25, -0.2) is 9.78 Å². The Labute approximate surface area is 177 Å². The van der Waals surface area contributed by atoms with Crippen molar-refractivity contribution >= 4 is 24.5 Å². The van der Waals surface area contributed by atoms with Gasteiger partial charge in [0.15, 0.2) is 0 Å². The molecular weight excluding hydrogens is 367 g/mol. The third-order valence-electron chi connectivity index (χ3n) is 5.19. The second-order valence-electron chi connectivity index (χ2n) is 9.08. The van der Waals surface area contributed by atoms with Crippen molar-refractivity contribution in [1.29, 1.82) is 0 Å². The van der Waals surface area contributed by atoms with Crippen LogP contribution in [0, 0.1) is 0 Å². The summed E-state index contributed by atoms with van der Waals surface area (Å²) in [7, 11) is -0.449. The predicted molar refractivity (Wildman–Crippen MR) is 120 cm³/mol. The lowest BCUT2D eigenvalue weighted by atomic mass is 9.79. The number of carbonyl (C=O) groups excluding carboxylic acids is 1. The van der Waals surface area contributed by atoms with Crippen LogP contribution in [0.5, 0.6) is 0 Å². The number of carbonyl (C=O) groups is 1. The molecule has 0 N–H and O–H groups in total. The molecule has 1 aromatic rings. The van der Waals surface area contributed by atoms with E-state index in [1.54, 1.807) is 11.1 Å². The molecule has 3 heterocycles. The zero-order valence-corrected chi connectivity index (χ0v) is 18.9. The molecule has 0 bridgehead atoms. The fourth-order valence-electron chi connectivity index (χ4n) is 3.08. The van der Waals surface area contributed by atoms with E-state index in [2.05, 4.69) is 4.98 Å². The van der Waals surface area contributed by atoms with Crippen molar-refractivity contribution in [1.82, 2.24) is 4.98 Å². The lowest BCUT2D eigenvalue weighted by Crippen LogP contribution is -2.42. The van der Waals surface area contributed by atoms with Crippen LogP contribution < -0.4 is 10.4 Å². The highest BCUT2D eigenvalue weighted by atomic mass is 16.7. The molecule has 3 rings (SSSR count). The second kappa shape index (κ2) is 9.05. The fourth-order valence-corrected chi connectivity index (χ4v) is 3.08. The Bertz CT molecular complexity index is 697. The van der Waals surface area contributed by atoms with Gasteiger partial charge in [-0.05, 0) is 66.9 Å². The first kappa shape index (κ1) is 25.4. The van der Waals surface area contributed by atoms with Gasteiger partial charge >= 0.3 is 13.2 Å². The number of aromatic nitrogens is 1. The molecule has 2 aliphatic rings. The Balaban J connectivity index is 0.00000136. The minimum Gasteiger partial charge on any atom is -0.443 e. The van der Waals surface area contributed by atoms with Crippen LogP contribution in [0.3, 0.4) is 0 Å². The number of amides is 1. The minimum absolute atomic E-state index is 0. The van der Waals surface area contributed by atoms with E-state index in [1.807, 2.05) is 68.4 Å². The van der Waals surface area contributed by atoms with Gasteiger partial charge in [0, 0.05) is 18.2 Å². The van der Waals surface area contributed by atoms with Crippen molar-refractivity contribution < 1.29 is 18.8 Å². The molecule has 1 fully saturated rings. The smallest absolute Gasteiger partial charge is 0.443 e. The van der Waals surface area contributed by atoms with E-state index in [1.165, 1.54) is 0 Å². The van der Waals surface area contributed by atoms with Crippen LogP contribution in [-0.4, -0.2) is 41.5 Å². The van der Waals surface area contributed by atoms with Gasteiger partial charge in [0.25, 0.3) is 0 Å². The normalized spacial score (nSPS) is 19.5. The van der Waals surface area contributed by atoms with Crippen LogP contribution in [0.1, 0.15) is 81.7 Å². The molecule has 1 amide bonds. The molecule has 1 aromatic heterocycles. The maximum atomic E-state index is 12.5. The fraction of sp³-hybridized carbons (Fsp3) is 0.727. The van der Waals surface area contributed by atoms with E-state index in [4.69, 9.17) is 14.0 Å². The number of aryl methyl sites for hydroxylation is 1. The number of hydrogen-bond acceptors (Lipinski definition) is 5. The molecular formula is C22H39BN2O4.